The Morgan fingerprint density at radius 3 is 1.94 bits per heavy atom. The second kappa shape index (κ2) is 10.7. The molecule has 3 aromatic carbocycles. The number of carbonyl (C=O) groups is 2. The fourth-order valence-electron chi connectivity index (χ4n) is 3.83. The molecule has 0 aromatic heterocycles. The average Bonchev–Trinajstić information content (AvgIpc) is 2.86. The van der Waals surface area contributed by atoms with Crippen LogP contribution < -0.4 is 20.3 Å². The van der Waals surface area contributed by atoms with Gasteiger partial charge in [-0.2, -0.15) is 0 Å². The summed E-state index contributed by atoms with van der Waals surface area (Å²) in [7, 11) is 1.59. The zero-order valence-corrected chi connectivity index (χ0v) is 19.0. The van der Waals surface area contributed by atoms with Crippen molar-refractivity contribution in [2.24, 2.45) is 0 Å². The van der Waals surface area contributed by atoms with Gasteiger partial charge in [0.05, 0.1) is 13.5 Å². The highest BCUT2D eigenvalue weighted by Crippen LogP contribution is 2.21. The van der Waals surface area contributed by atoms with E-state index in [4.69, 9.17) is 4.74 Å². The number of halogens is 1. The van der Waals surface area contributed by atoms with Crippen molar-refractivity contribution in [3.63, 3.8) is 0 Å². The lowest BCUT2D eigenvalue weighted by atomic mass is 10.1. The predicted molar refractivity (Wildman–Crippen MR) is 131 cm³/mol. The van der Waals surface area contributed by atoms with Gasteiger partial charge in [-0.25, -0.2) is 9.18 Å². The van der Waals surface area contributed by atoms with E-state index in [0.29, 0.717) is 24.5 Å². The first kappa shape index (κ1) is 23.1. The normalized spacial score (nSPS) is 13.4. The smallest absolute Gasteiger partial charge is 0.323 e. The van der Waals surface area contributed by atoms with Gasteiger partial charge in [0.1, 0.15) is 11.6 Å². The number of ether oxygens (including phenoxy) is 1. The summed E-state index contributed by atoms with van der Waals surface area (Å²) >= 11 is 0. The average molecular weight is 463 g/mol. The maximum absolute atomic E-state index is 13.1. The Kier molecular flexibility index (Phi) is 7.27. The number of piperazine rings is 1. The van der Waals surface area contributed by atoms with E-state index in [1.54, 1.807) is 43.5 Å². The molecule has 0 saturated carbocycles. The second-order valence-corrected chi connectivity index (χ2v) is 8.03. The molecule has 1 fully saturated rings. The molecule has 4 rings (SSSR count). The van der Waals surface area contributed by atoms with Gasteiger partial charge in [0.25, 0.3) is 0 Å². The van der Waals surface area contributed by atoms with Crippen LogP contribution in [0.15, 0.2) is 72.8 Å². The number of hydrogen-bond donors (Lipinski definition) is 2. The van der Waals surface area contributed by atoms with Gasteiger partial charge in [0.2, 0.25) is 5.91 Å². The highest BCUT2D eigenvalue weighted by Gasteiger charge is 2.21. The molecule has 34 heavy (non-hydrogen) atoms. The minimum atomic E-state index is -0.328. The third-order valence-electron chi connectivity index (χ3n) is 5.74. The van der Waals surface area contributed by atoms with E-state index in [-0.39, 0.29) is 24.2 Å². The summed E-state index contributed by atoms with van der Waals surface area (Å²) in [4.78, 5) is 28.9. The number of amides is 3. The zero-order chi connectivity index (χ0) is 23.9. The van der Waals surface area contributed by atoms with Gasteiger partial charge in [-0.1, -0.05) is 12.1 Å². The number of hydrogen-bond acceptors (Lipinski definition) is 4. The number of rotatable bonds is 6. The standard InChI is InChI=1S/C26H27FN4O3/c1-34-24-12-8-22(9-13-24)29-26(33)28-21-6-10-23(11-7-21)30-14-16-31(17-15-30)25(32)18-19-2-4-20(27)5-3-19/h2-13H,14-18H2,1H3,(H2,28,29,33). The molecular formula is C26H27FN4O3. The Bertz CT molecular complexity index is 1110. The Morgan fingerprint density at radius 1 is 0.824 bits per heavy atom. The topological polar surface area (TPSA) is 73.9 Å². The molecule has 0 atom stereocenters. The summed E-state index contributed by atoms with van der Waals surface area (Å²) in [6, 6.07) is 20.4. The lowest BCUT2D eigenvalue weighted by molar-refractivity contribution is -0.130. The van der Waals surface area contributed by atoms with Crippen LogP contribution in [0.3, 0.4) is 0 Å². The molecule has 0 radical (unpaired) electrons. The Morgan fingerprint density at radius 2 is 1.38 bits per heavy atom. The van der Waals surface area contributed by atoms with Crippen LogP contribution in [0.25, 0.3) is 0 Å². The van der Waals surface area contributed by atoms with Crippen LogP contribution in [-0.4, -0.2) is 50.1 Å². The first-order valence-corrected chi connectivity index (χ1v) is 11.1. The van der Waals surface area contributed by atoms with Crippen LogP contribution in [0, 0.1) is 5.82 Å². The molecule has 0 aliphatic carbocycles. The number of carbonyl (C=O) groups excluding carboxylic acids is 2. The largest absolute Gasteiger partial charge is 0.497 e. The monoisotopic (exact) mass is 462 g/mol. The molecule has 1 saturated heterocycles. The number of anilines is 3. The van der Waals surface area contributed by atoms with Crippen molar-refractivity contribution in [2.45, 2.75) is 6.42 Å². The van der Waals surface area contributed by atoms with Gasteiger partial charge in [-0.05, 0) is 66.2 Å². The van der Waals surface area contributed by atoms with E-state index in [2.05, 4.69) is 15.5 Å². The third-order valence-corrected chi connectivity index (χ3v) is 5.74. The molecule has 176 valence electrons. The number of nitrogens with one attached hydrogen (secondary N) is 2. The fourth-order valence-corrected chi connectivity index (χ4v) is 3.83. The van der Waals surface area contributed by atoms with Crippen LogP contribution in [0.4, 0.5) is 26.2 Å². The summed E-state index contributed by atoms with van der Waals surface area (Å²) < 4.78 is 18.2. The van der Waals surface area contributed by atoms with Gasteiger partial charge in [0.15, 0.2) is 0 Å². The van der Waals surface area contributed by atoms with Crippen molar-refractivity contribution in [3.8, 4) is 5.75 Å². The number of urea groups is 1. The van der Waals surface area contributed by atoms with E-state index in [1.165, 1.54) is 12.1 Å². The molecule has 1 aliphatic heterocycles. The fraction of sp³-hybridized carbons (Fsp3) is 0.231. The molecule has 0 unspecified atom stereocenters. The minimum absolute atomic E-state index is 0.0497. The number of nitrogens with zero attached hydrogens (tertiary/aromatic N) is 2. The van der Waals surface area contributed by atoms with Crippen molar-refractivity contribution in [1.29, 1.82) is 0 Å². The summed E-state index contributed by atoms with van der Waals surface area (Å²) in [6.07, 6.45) is 0.277. The van der Waals surface area contributed by atoms with E-state index in [9.17, 15) is 14.0 Å². The van der Waals surface area contributed by atoms with Crippen molar-refractivity contribution in [2.75, 3.05) is 48.8 Å². The van der Waals surface area contributed by atoms with Gasteiger partial charge in [-0.15, -0.1) is 0 Å². The van der Waals surface area contributed by atoms with Crippen molar-refractivity contribution in [3.05, 3.63) is 84.2 Å². The summed E-state index contributed by atoms with van der Waals surface area (Å²) in [5.74, 6) is 0.470. The van der Waals surface area contributed by atoms with E-state index < -0.39 is 0 Å². The van der Waals surface area contributed by atoms with Crippen LogP contribution in [-0.2, 0) is 11.2 Å². The first-order chi connectivity index (χ1) is 16.5. The Labute approximate surface area is 198 Å². The highest BCUT2D eigenvalue weighted by molar-refractivity contribution is 5.99. The Hall–Kier alpha value is -4.07. The Balaban J connectivity index is 1.25. The molecule has 1 heterocycles. The highest BCUT2D eigenvalue weighted by atomic mass is 19.1. The van der Waals surface area contributed by atoms with Gasteiger partial charge >= 0.3 is 6.03 Å². The molecule has 1 aliphatic rings. The van der Waals surface area contributed by atoms with Crippen LogP contribution in [0.5, 0.6) is 5.75 Å². The van der Waals surface area contributed by atoms with Crippen LogP contribution in [0.2, 0.25) is 0 Å². The first-order valence-electron chi connectivity index (χ1n) is 11.1. The lowest BCUT2D eigenvalue weighted by Crippen LogP contribution is -2.49. The van der Waals surface area contributed by atoms with Crippen LogP contribution >= 0.6 is 0 Å². The summed E-state index contributed by atoms with van der Waals surface area (Å²) in [6.45, 7) is 2.70. The SMILES string of the molecule is COc1ccc(NC(=O)Nc2ccc(N3CCN(C(=O)Cc4ccc(F)cc4)CC3)cc2)cc1. The van der Waals surface area contributed by atoms with E-state index in [1.807, 2.05) is 29.2 Å². The molecule has 3 aromatic rings. The molecule has 0 spiro atoms. The molecule has 7 nitrogen and oxygen atoms in total. The summed E-state index contributed by atoms with van der Waals surface area (Å²) in [5.41, 5.74) is 3.20. The quantitative estimate of drug-likeness (QED) is 0.571. The molecule has 0 bridgehead atoms. The van der Waals surface area contributed by atoms with E-state index in [0.717, 1.165) is 30.1 Å². The van der Waals surface area contributed by atoms with Gasteiger partial charge < -0.3 is 25.2 Å². The maximum Gasteiger partial charge on any atom is 0.323 e. The molecule has 3 amide bonds. The maximum atomic E-state index is 13.1. The number of benzene rings is 3. The third kappa shape index (κ3) is 6.04. The van der Waals surface area contributed by atoms with Gasteiger partial charge in [0, 0.05) is 43.2 Å². The zero-order valence-electron chi connectivity index (χ0n) is 19.0. The number of methoxy groups -OCH3 is 1. The molecule has 8 heteroatoms. The lowest BCUT2D eigenvalue weighted by Gasteiger charge is -2.36. The summed E-state index contributed by atoms with van der Waals surface area (Å²) in [5, 5.41) is 5.60. The van der Waals surface area contributed by atoms with Crippen LogP contribution in [0.1, 0.15) is 5.56 Å². The van der Waals surface area contributed by atoms with Crippen molar-refractivity contribution >= 4 is 29.0 Å². The van der Waals surface area contributed by atoms with Crippen molar-refractivity contribution in [1.82, 2.24) is 4.90 Å². The molecular weight excluding hydrogens is 435 g/mol. The minimum Gasteiger partial charge on any atom is -0.497 e. The van der Waals surface area contributed by atoms with E-state index >= 15 is 0 Å². The predicted octanol–water partition coefficient (Wildman–Crippen LogP) is 4.37. The van der Waals surface area contributed by atoms with Crippen molar-refractivity contribution < 1.29 is 18.7 Å². The molecule has 2 N–H and O–H groups in total. The van der Waals surface area contributed by atoms with Gasteiger partial charge in [-0.3, -0.25) is 4.79 Å². The second-order valence-electron chi connectivity index (χ2n) is 8.03.